The number of amides is 1. The van der Waals surface area contributed by atoms with E-state index in [1.165, 1.54) is 23.1 Å². The van der Waals surface area contributed by atoms with E-state index in [9.17, 15) is 13.2 Å². The number of aromatic nitrogens is 5. The van der Waals surface area contributed by atoms with Gasteiger partial charge in [-0.3, -0.25) is 10.1 Å². The van der Waals surface area contributed by atoms with Crippen molar-refractivity contribution in [3.8, 4) is 0 Å². The van der Waals surface area contributed by atoms with Gasteiger partial charge in [0.2, 0.25) is 11.0 Å². The largest absolute Gasteiger partial charge is 0.301 e. The van der Waals surface area contributed by atoms with Crippen molar-refractivity contribution in [2.75, 3.05) is 5.32 Å². The van der Waals surface area contributed by atoms with Crippen LogP contribution in [0.4, 0.5) is 5.13 Å². The summed E-state index contributed by atoms with van der Waals surface area (Å²) in [4.78, 5) is 13.1. The third kappa shape index (κ3) is 6.27. The number of hydrogen-bond acceptors (Lipinski definition) is 9. The summed E-state index contributed by atoms with van der Waals surface area (Å²) >= 11 is 2.58. The predicted molar refractivity (Wildman–Crippen MR) is 130 cm³/mol. The second-order valence-corrected chi connectivity index (χ2v) is 11.6. The standard InChI is InChI=1S/C21H26N6O3S3/c1-5-12-27-17(13-33(29,30)15-10-8-7-9-11-15)23-26-21(27)31-16(6-2)18(28)22-20-25-24-19(32-20)14(3)4/h5,7-11,14,16H,1,6,12-13H2,2-4H3,(H,22,25,28). The van der Waals surface area contributed by atoms with Crippen molar-refractivity contribution in [3.05, 3.63) is 53.8 Å². The molecule has 0 bridgehead atoms. The molecule has 1 N–H and O–H groups in total. The fourth-order valence-electron chi connectivity index (χ4n) is 2.86. The van der Waals surface area contributed by atoms with E-state index in [2.05, 4.69) is 32.3 Å². The highest BCUT2D eigenvalue weighted by molar-refractivity contribution is 8.00. The number of anilines is 1. The summed E-state index contributed by atoms with van der Waals surface area (Å²) in [7, 11) is -3.60. The Morgan fingerprint density at radius 1 is 1.21 bits per heavy atom. The highest BCUT2D eigenvalue weighted by atomic mass is 32.2. The molecule has 2 aromatic heterocycles. The van der Waals surface area contributed by atoms with Gasteiger partial charge in [0, 0.05) is 12.5 Å². The molecule has 1 amide bonds. The van der Waals surface area contributed by atoms with Gasteiger partial charge >= 0.3 is 0 Å². The maximum Gasteiger partial charge on any atom is 0.239 e. The second kappa shape index (κ2) is 11.0. The summed E-state index contributed by atoms with van der Waals surface area (Å²) in [6.45, 7) is 9.99. The van der Waals surface area contributed by atoms with Crippen LogP contribution in [0, 0.1) is 0 Å². The lowest BCUT2D eigenvalue weighted by atomic mass is 10.2. The van der Waals surface area contributed by atoms with Crippen molar-refractivity contribution in [1.82, 2.24) is 25.0 Å². The quantitative estimate of drug-likeness (QED) is 0.307. The molecule has 9 nitrogen and oxygen atoms in total. The lowest BCUT2D eigenvalue weighted by Gasteiger charge is -2.14. The first-order valence-electron chi connectivity index (χ1n) is 10.4. The lowest BCUT2D eigenvalue weighted by molar-refractivity contribution is -0.115. The first kappa shape index (κ1) is 25.1. The first-order valence-corrected chi connectivity index (χ1v) is 13.7. The van der Waals surface area contributed by atoms with Crippen LogP contribution in [0.3, 0.4) is 0 Å². The van der Waals surface area contributed by atoms with Gasteiger partial charge in [0.1, 0.15) is 16.6 Å². The van der Waals surface area contributed by atoms with Crippen LogP contribution in [-0.2, 0) is 26.9 Å². The Labute approximate surface area is 201 Å². The van der Waals surface area contributed by atoms with Gasteiger partial charge in [0.25, 0.3) is 0 Å². The van der Waals surface area contributed by atoms with Crippen LogP contribution in [0.5, 0.6) is 0 Å². The monoisotopic (exact) mass is 506 g/mol. The minimum Gasteiger partial charge on any atom is -0.301 e. The fraction of sp³-hybridized carbons (Fsp3) is 0.381. The molecule has 0 saturated heterocycles. The summed E-state index contributed by atoms with van der Waals surface area (Å²) in [5.41, 5.74) is 0. The van der Waals surface area contributed by atoms with Gasteiger partial charge in [-0.1, -0.05) is 68.1 Å². The molecule has 1 atom stereocenters. The molecule has 2 heterocycles. The van der Waals surface area contributed by atoms with Gasteiger partial charge in [-0.05, 0) is 18.6 Å². The Morgan fingerprint density at radius 2 is 1.94 bits per heavy atom. The van der Waals surface area contributed by atoms with Crippen molar-refractivity contribution in [1.29, 1.82) is 0 Å². The zero-order valence-electron chi connectivity index (χ0n) is 18.6. The van der Waals surface area contributed by atoms with Crippen molar-refractivity contribution < 1.29 is 13.2 Å². The number of hydrogen-bond donors (Lipinski definition) is 1. The smallest absolute Gasteiger partial charge is 0.239 e. The van der Waals surface area contributed by atoms with Crippen molar-refractivity contribution in [3.63, 3.8) is 0 Å². The normalized spacial score (nSPS) is 12.6. The number of nitrogens with zero attached hydrogens (tertiary/aromatic N) is 5. The molecule has 1 aromatic carbocycles. The van der Waals surface area contributed by atoms with Gasteiger partial charge in [-0.25, -0.2) is 8.42 Å². The van der Waals surface area contributed by atoms with E-state index < -0.39 is 15.1 Å². The van der Waals surface area contributed by atoms with Gasteiger partial charge in [0.15, 0.2) is 15.0 Å². The number of carbonyl (C=O) groups excluding carboxylic acids is 1. The third-order valence-electron chi connectivity index (χ3n) is 4.60. The molecule has 0 fully saturated rings. The molecule has 3 rings (SSSR count). The molecule has 0 saturated carbocycles. The highest BCUT2D eigenvalue weighted by Gasteiger charge is 2.26. The Morgan fingerprint density at radius 3 is 2.55 bits per heavy atom. The van der Waals surface area contributed by atoms with E-state index in [0.29, 0.717) is 29.1 Å². The third-order valence-corrected chi connectivity index (χ3v) is 8.71. The van der Waals surface area contributed by atoms with Gasteiger partial charge in [-0.15, -0.1) is 27.0 Å². The highest BCUT2D eigenvalue weighted by Crippen LogP contribution is 2.28. The molecular formula is C21H26N6O3S3. The molecule has 12 heteroatoms. The molecule has 33 heavy (non-hydrogen) atoms. The van der Waals surface area contributed by atoms with Gasteiger partial charge in [-0.2, -0.15) is 0 Å². The molecule has 176 valence electrons. The fourth-order valence-corrected chi connectivity index (χ4v) is 5.88. The van der Waals surface area contributed by atoms with E-state index in [1.54, 1.807) is 41.0 Å². The number of carbonyl (C=O) groups is 1. The van der Waals surface area contributed by atoms with E-state index in [4.69, 9.17) is 0 Å². The number of allylic oxidation sites excluding steroid dienone is 1. The Balaban J connectivity index is 1.78. The Hall–Kier alpha value is -2.57. The second-order valence-electron chi connectivity index (χ2n) is 7.47. The molecule has 0 aliphatic carbocycles. The van der Waals surface area contributed by atoms with Crippen LogP contribution >= 0.6 is 23.1 Å². The predicted octanol–water partition coefficient (Wildman–Crippen LogP) is 3.92. The molecule has 3 aromatic rings. The van der Waals surface area contributed by atoms with E-state index in [-0.39, 0.29) is 22.5 Å². The van der Waals surface area contributed by atoms with E-state index >= 15 is 0 Å². The van der Waals surface area contributed by atoms with Crippen LogP contribution in [0.2, 0.25) is 0 Å². The number of nitrogens with one attached hydrogen (secondary N) is 1. The molecule has 1 unspecified atom stereocenters. The van der Waals surface area contributed by atoms with Gasteiger partial charge in [0.05, 0.1) is 10.1 Å². The summed E-state index contributed by atoms with van der Waals surface area (Å²) in [6, 6.07) is 8.21. The zero-order valence-corrected chi connectivity index (χ0v) is 21.1. The van der Waals surface area contributed by atoms with Crippen LogP contribution in [0.25, 0.3) is 0 Å². The summed E-state index contributed by atoms with van der Waals surface area (Å²) in [5.74, 6) is -0.000202. The SMILES string of the molecule is C=CCn1c(CS(=O)(=O)c2ccccc2)nnc1SC(CC)C(=O)Nc1nnc(C(C)C)s1. The zero-order chi connectivity index (χ0) is 24.0. The maximum absolute atomic E-state index is 12.9. The van der Waals surface area contributed by atoms with Crippen molar-refractivity contribution in [2.24, 2.45) is 0 Å². The topological polar surface area (TPSA) is 120 Å². The van der Waals surface area contributed by atoms with Crippen LogP contribution < -0.4 is 5.32 Å². The average Bonchev–Trinajstić information content (AvgIpc) is 3.40. The molecular weight excluding hydrogens is 480 g/mol. The number of rotatable bonds is 11. The minimum atomic E-state index is -3.60. The minimum absolute atomic E-state index is 0.219. The Kier molecular flexibility index (Phi) is 8.38. The lowest BCUT2D eigenvalue weighted by Crippen LogP contribution is -2.25. The summed E-state index contributed by atoms with van der Waals surface area (Å²) < 4.78 is 27.3. The van der Waals surface area contributed by atoms with Crippen LogP contribution in [0.15, 0.2) is 53.0 Å². The van der Waals surface area contributed by atoms with E-state index in [0.717, 1.165) is 5.01 Å². The molecule has 0 aliphatic rings. The maximum atomic E-state index is 12.9. The molecule has 0 radical (unpaired) electrons. The summed E-state index contributed by atoms with van der Waals surface area (Å²) in [5, 5.41) is 20.5. The van der Waals surface area contributed by atoms with Crippen LogP contribution in [-0.4, -0.2) is 44.5 Å². The van der Waals surface area contributed by atoms with Crippen molar-refractivity contribution in [2.45, 2.75) is 60.7 Å². The molecule has 0 aliphatic heterocycles. The van der Waals surface area contributed by atoms with E-state index in [1.807, 2.05) is 20.8 Å². The number of thioether (sulfide) groups is 1. The average molecular weight is 507 g/mol. The molecule has 0 spiro atoms. The number of sulfone groups is 1. The first-order chi connectivity index (χ1) is 15.7. The number of benzene rings is 1. The van der Waals surface area contributed by atoms with Gasteiger partial charge < -0.3 is 4.57 Å². The van der Waals surface area contributed by atoms with Crippen LogP contribution in [0.1, 0.15) is 43.9 Å². The summed E-state index contributed by atoms with van der Waals surface area (Å²) in [6.07, 6.45) is 2.17. The Bertz CT molecular complexity index is 1210. The van der Waals surface area contributed by atoms with Crippen molar-refractivity contribution >= 4 is 44.0 Å².